The second-order valence-electron chi connectivity index (χ2n) is 6.79. The van der Waals surface area contributed by atoms with E-state index in [0.717, 1.165) is 23.8 Å². The number of benzene rings is 2. The van der Waals surface area contributed by atoms with Crippen LogP contribution in [0.3, 0.4) is 0 Å². The maximum Gasteiger partial charge on any atom is 0.252 e. The Morgan fingerprint density at radius 1 is 1.11 bits per heavy atom. The van der Waals surface area contributed by atoms with E-state index in [1.54, 1.807) is 12.1 Å². The predicted molar refractivity (Wildman–Crippen MR) is 101 cm³/mol. The van der Waals surface area contributed by atoms with E-state index in [1.807, 2.05) is 24.3 Å². The van der Waals surface area contributed by atoms with Gasteiger partial charge in [0, 0.05) is 30.3 Å². The number of hydrogen-bond acceptors (Lipinski definition) is 3. The number of nitrogens with zero attached hydrogens (tertiary/aromatic N) is 1. The summed E-state index contributed by atoms with van der Waals surface area (Å²) in [6, 6.07) is 14.3. The number of carbonyl (C=O) groups is 1. The van der Waals surface area contributed by atoms with Crippen LogP contribution in [0, 0.1) is 17.6 Å². The number of halogens is 2. The van der Waals surface area contributed by atoms with Crippen molar-refractivity contribution in [2.75, 3.05) is 13.2 Å². The smallest absolute Gasteiger partial charge is 0.252 e. The van der Waals surface area contributed by atoms with Gasteiger partial charge in [-0.15, -0.1) is 0 Å². The molecule has 1 aromatic heterocycles. The fourth-order valence-corrected chi connectivity index (χ4v) is 3.26. The van der Waals surface area contributed by atoms with Crippen LogP contribution in [0.4, 0.5) is 8.78 Å². The Labute approximate surface area is 161 Å². The second-order valence-corrected chi connectivity index (χ2v) is 6.79. The van der Waals surface area contributed by atoms with Crippen molar-refractivity contribution in [3.8, 4) is 17.0 Å². The Morgan fingerprint density at radius 2 is 1.89 bits per heavy atom. The summed E-state index contributed by atoms with van der Waals surface area (Å²) in [5.41, 5.74) is 2.24. The highest BCUT2D eigenvalue weighted by Crippen LogP contribution is 2.26. The van der Waals surface area contributed by atoms with E-state index in [-0.39, 0.29) is 11.8 Å². The lowest BCUT2D eigenvalue weighted by Gasteiger charge is -2.25. The summed E-state index contributed by atoms with van der Waals surface area (Å²) in [5.74, 6) is -0.492. The molecule has 0 saturated carbocycles. The quantitative estimate of drug-likeness (QED) is 0.744. The van der Waals surface area contributed by atoms with E-state index in [2.05, 4.69) is 10.3 Å². The van der Waals surface area contributed by atoms with Crippen LogP contribution < -0.4 is 10.1 Å². The molecule has 0 aliphatic carbocycles. The molecule has 4 nitrogen and oxygen atoms in total. The van der Waals surface area contributed by atoms with E-state index in [9.17, 15) is 13.6 Å². The molecule has 28 heavy (non-hydrogen) atoms. The number of rotatable bonds is 4. The standard InChI is InChI=1S/C22H18F2N2O2/c23-18-8-17(9-19(24)10-18)20-6-5-16(12-25-20)22(27)26-11-14-7-15-3-1-2-4-21(15)28-13-14/h1-6,8-10,12,14H,7,11,13H2,(H,26,27). The summed E-state index contributed by atoms with van der Waals surface area (Å²) >= 11 is 0. The van der Waals surface area contributed by atoms with E-state index in [4.69, 9.17) is 4.74 Å². The van der Waals surface area contributed by atoms with Crippen molar-refractivity contribution in [2.24, 2.45) is 5.92 Å². The zero-order chi connectivity index (χ0) is 19.5. The highest BCUT2D eigenvalue weighted by molar-refractivity contribution is 5.94. The van der Waals surface area contributed by atoms with Crippen LogP contribution in [0.25, 0.3) is 11.3 Å². The summed E-state index contributed by atoms with van der Waals surface area (Å²) in [6.45, 7) is 1.05. The molecule has 6 heteroatoms. The van der Waals surface area contributed by atoms with Gasteiger partial charge in [0.2, 0.25) is 0 Å². The monoisotopic (exact) mass is 380 g/mol. The van der Waals surface area contributed by atoms with Gasteiger partial charge in [0.25, 0.3) is 5.91 Å². The molecule has 1 unspecified atom stereocenters. The Morgan fingerprint density at radius 3 is 2.64 bits per heavy atom. The van der Waals surface area contributed by atoms with Crippen LogP contribution in [0.2, 0.25) is 0 Å². The van der Waals surface area contributed by atoms with Crippen molar-refractivity contribution in [1.82, 2.24) is 10.3 Å². The number of carbonyl (C=O) groups excluding carboxylic acids is 1. The lowest BCUT2D eigenvalue weighted by atomic mass is 9.96. The van der Waals surface area contributed by atoms with Crippen molar-refractivity contribution in [1.29, 1.82) is 0 Å². The normalized spacial score (nSPS) is 15.4. The van der Waals surface area contributed by atoms with E-state index >= 15 is 0 Å². The summed E-state index contributed by atoms with van der Waals surface area (Å²) < 4.78 is 32.4. The lowest BCUT2D eigenvalue weighted by molar-refractivity contribution is 0.0938. The van der Waals surface area contributed by atoms with Crippen LogP contribution >= 0.6 is 0 Å². The number of aromatic nitrogens is 1. The molecule has 2 aromatic carbocycles. The van der Waals surface area contributed by atoms with Gasteiger partial charge in [0.15, 0.2) is 0 Å². The molecular weight excluding hydrogens is 362 g/mol. The maximum atomic E-state index is 13.3. The zero-order valence-corrected chi connectivity index (χ0v) is 15.0. The summed E-state index contributed by atoms with van der Waals surface area (Å²) in [7, 11) is 0. The minimum absolute atomic E-state index is 0.196. The molecule has 1 atom stereocenters. The third kappa shape index (κ3) is 4.01. The zero-order valence-electron chi connectivity index (χ0n) is 15.0. The Balaban J connectivity index is 1.38. The molecular formula is C22H18F2N2O2. The molecule has 0 spiro atoms. The molecule has 0 bridgehead atoms. The third-order valence-electron chi connectivity index (χ3n) is 4.69. The second kappa shape index (κ2) is 7.76. The molecule has 1 aliphatic rings. The van der Waals surface area contributed by atoms with Crippen LogP contribution in [0.5, 0.6) is 5.75 Å². The van der Waals surface area contributed by atoms with Gasteiger partial charge >= 0.3 is 0 Å². The molecule has 3 aromatic rings. The molecule has 1 amide bonds. The number of para-hydroxylation sites is 1. The van der Waals surface area contributed by atoms with Crippen molar-refractivity contribution in [3.63, 3.8) is 0 Å². The minimum Gasteiger partial charge on any atom is -0.493 e. The lowest BCUT2D eigenvalue weighted by Crippen LogP contribution is -2.34. The topological polar surface area (TPSA) is 51.2 Å². The highest BCUT2D eigenvalue weighted by Gasteiger charge is 2.20. The molecule has 1 N–H and O–H groups in total. The summed E-state index contributed by atoms with van der Waals surface area (Å²) in [4.78, 5) is 16.5. The molecule has 142 valence electrons. The van der Waals surface area contributed by atoms with Gasteiger partial charge in [0.05, 0.1) is 17.9 Å². The molecule has 0 radical (unpaired) electrons. The van der Waals surface area contributed by atoms with Crippen LogP contribution in [0.1, 0.15) is 15.9 Å². The first-order valence-electron chi connectivity index (χ1n) is 9.00. The van der Waals surface area contributed by atoms with Gasteiger partial charge in [-0.3, -0.25) is 9.78 Å². The number of amides is 1. The SMILES string of the molecule is O=C(NCC1COc2ccccc2C1)c1ccc(-c2cc(F)cc(F)c2)nc1. The molecule has 0 fully saturated rings. The number of nitrogens with one attached hydrogen (secondary N) is 1. The molecule has 4 rings (SSSR count). The van der Waals surface area contributed by atoms with Gasteiger partial charge in [-0.25, -0.2) is 8.78 Å². The first-order valence-corrected chi connectivity index (χ1v) is 9.00. The van der Waals surface area contributed by atoms with Gasteiger partial charge in [-0.2, -0.15) is 0 Å². The summed E-state index contributed by atoms with van der Waals surface area (Å²) in [6.07, 6.45) is 2.25. The average molecular weight is 380 g/mol. The number of hydrogen-bond donors (Lipinski definition) is 1. The third-order valence-corrected chi connectivity index (χ3v) is 4.69. The van der Waals surface area contributed by atoms with Gasteiger partial charge < -0.3 is 10.1 Å². The summed E-state index contributed by atoms with van der Waals surface area (Å²) in [5, 5.41) is 2.90. The van der Waals surface area contributed by atoms with E-state index in [1.165, 1.54) is 18.3 Å². The molecule has 0 saturated heterocycles. The Bertz CT molecular complexity index is 985. The van der Waals surface area contributed by atoms with Crippen molar-refractivity contribution in [3.05, 3.63) is 83.6 Å². The van der Waals surface area contributed by atoms with E-state index < -0.39 is 11.6 Å². The number of fused-ring (bicyclic) bond motifs is 1. The fraction of sp³-hybridized carbons (Fsp3) is 0.182. The maximum absolute atomic E-state index is 13.3. The number of pyridine rings is 1. The Hall–Kier alpha value is -3.28. The van der Waals surface area contributed by atoms with Gasteiger partial charge in [-0.1, -0.05) is 18.2 Å². The van der Waals surface area contributed by atoms with Crippen molar-refractivity contribution < 1.29 is 18.3 Å². The van der Waals surface area contributed by atoms with Crippen LogP contribution in [-0.2, 0) is 6.42 Å². The molecule has 1 aliphatic heterocycles. The van der Waals surface area contributed by atoms with E-state index in [0.29, 0.717) is 30.0 Å². The predicted octanol–water partition coefficient (Wildman–Crippen LogP) is 4.01. The fourth-order valence-electron chi connectivity index (χ4n) is 3.26. The minimum atomic E-state index is -0.671. The first-order chi connectivity index (χ1) is 13.6. The Kier molecular flexibility index (Phi) is 5.02. The highest BCUT2D eigenvalue weighted by atomic mass is 19.1. The van der Waals surface area contributed by atoms with Gasteiger partial charge in [0.1, 0.15) is 17.4 Å². The van der Waals surface area contributed by atoms with Crippen LogP contribution in [0.15, 0.2) is 60.8 Å². The van der Waals surface area contributed by atoms with Crippen molar-refractivity contribution >= 4 is 5.91 Å². The first kappa shape index (κ1) is 18.1. The van der Waals surface area contributed by atoms with Crippen molar-refractivity contribution in [2.45, 2.75) is 6.42 Å². The van der Waals surface area contributed by atoms with Gasteiger partial charge in [-0.05, 0) is 42.3 Å². The van der Waals surface area contributed by atoms with Crippen LogP contribution in [-0.4, -0.2) is 24.0 Å². The largest absolute Gasteiger partial charge is 0.493 e. The average Bonchev–Trinajstić information content (AvgIpc) is 2.71. The number of ether oxygens (including phenoxy) is 1. The molecule has 2 heterocycles.